The van der Waals surface area contributed by atoms with E-state index in [9.17, 15) is 4.79 Å². The van der Waals surface area contributed by atoms with E-state index in [2.05, 4.69) is 0 Å². The van der Waals surface area contributed by atoms with E-state index in [0.717, 1.165) is 6.42 Å². The lowest BCUT2D eigenvalue weighted by Crippen LogP contribution is -2.31. The Morgan fingerprint density at radius 2 is 2.31 bits per heavy atom. The van der Waals surface area contributed by atoms with Crippen LogP contribution in [0.4, 0.5) is 0 Å². The molecule has 74 valence electrons. The number of hydrogen-bond acceptors (Lipinski definition) is 3. The van der Waals surface area contributed by atoms with E-state index in [1.165, 1.54) is 0 Å². The molecule has 13 heavy (non-hydrogen) atoms. The van der Waals surface area contributed by atoms with Crippen LogP contribution in [0.3, 0.4) is 0 Å². The first-order valence-corrected chi connectivity index (χ1v) is 4.61. The molecule has 0 aliphatic rings. The Balaban J connectivity index is 3.79. The number of hydrogen-bond donors (Lipinski definition) is 1. The smallest absolute Gasteiger partial charge is 0.222 e. The monoisotopic (exact) mass is 183 g/mol. The SMILES string of the molecule is CCN(CCC#N)C(=O)CCCN. The van der Waals surface area contributed by atoms with E-state index in [1.54, 1.807) is 4.90 Å². The van der Waals surface area contributed by atoms with Crippen molar-refractivity contribution in [2.24, 2.45) is 5.73 Å². The standard InChI is InChI=1S/C9H17N3O/c1-2-12(8-4-7-11)9(13)5-3-6-10/h2-6,8,10H2,1H3. The molecule has 0 rings (SSSR count). The second-order valence-corrected chi connectivity index (χ2v) is 2.77. The third-order valence-electron chi connectivity index (χ3n) is 1.82. The number of nitrogens with zero attached hydrogens (tertiary/aromatic N) is 2. The van der Waals surface area contributed by atoms with Crippen molar-refractivity contribution < 1.29 is 4.79 Å². The normalized spacial score (nSPS) is 9.31. The number of rotatable bonds is 6. The average Bonchev–Trinajstić information content (AvgIpc) is 2.16. The summed E-state index contributed by atoms with van der Waals surface area (Å²) in [5.74, 6) is 0.100. The predicted molar refractivity (Wildman–Crippen MR) is 50.8 cm³/mol. The Labute approximate surface area is 79.3 Å². The summed E-state index contributed by atoms with van der Waals surface area (Å²) in [6.07, 6.45) is 1.62. The summed E-state index contributed by atoms with van der Waals surface area (Å²) < 4.78 is 0. The lowest BCUT2D eigenvalue weighted by atomic mass is 10.2. The van der Waals surface area contributed by atoms with Crippen LogP contribution in [0.15, 0.2) is 0 Å². The lowest BCUT2D eigenvalue weighted by Gasteiger charge is -2.19. The fraction of sp³-hybridized carbons (Fsp3) is 0.778. The molecule has 0 spiro atoms. The lowest BCUT2D eigenvalue weighted by molar-refractivity contribution is -0.131. The van der Waals surface area contributed by atoms with Crippen molar-refractivity contribution in [1.29, 1.82) is 5.26 Å². The summed E-state index contributed by atoms with van der Waals surface area (Å²) in [6.45, 7) is 3.67. The Bertz CT molecular complexity index is 186. The van der Waals surface area contributed by atoms with Gasteiger partial charge in [0.1, 0.15) is 0 Å². The molecule has 0 fully saturated rings. The van der Waals surface area contributed by atoms with Crippen LogP contribution in [0.2, 0.25) is 0 Å². The van der Waals surface area contributed by atoms with Crippen LogP contribution in [0.25, 0.3) is 0 Å². The topological polar surface area (TPSA) is 70.1 Å². The van der Waals surface area contributed by atoms with Crippen molar-refractivity contribution in [3.8, 4) is 6.07 Å². The van der Waals surface area contributed by atoms with E-state index < -0.39 is 0 Å². The van der Waals surface area contributed by atoms with E-state index in [1.807, 2.05) is 13.0 Å². The van der Waals surface area contributed by atoms with Crippen molar-refractivity contribution in [2.45, 2.75) is 26.2 Å². The second-order valence-electron chi connectivity index (χ2n) is 2.77. The predicted octanol–water partition coefficient (Wildman–Crippen LogP) is 0.487. The first-order valence-electron chi connectivity index (χ1n) is 4.61. The van der Waals surface area contributed by atoms with Crippen LogP contribution in [0.5, 0.6) is 0 Å². The van der Waals surface area contributed by atoms with Gasteiger partial charge in [0, 0.05) is 19.5 Å². The Kier molecular flexibility index (Phi) is 6.93. The zero-order valence-electron chi connectivity index (χ0n) is 8.12. The number of carbonyl (C=O) groups is 1. The van der Waals surface area contributed by atoms with E-state index in [0.29, 0.717) is 32.5 Å². The molecular formula is C9H17N3O. The summed E-state index contributed by atoms with van der Waals surface area (Å²) in [7, 11) is 0. The molecule has 0 aliphatic carbocycles. The molecule has 0 aromatic heterocycles. The zero-order chi connectivity index (χ0) is 10.1. The molecule has 4 heteroatoms. The van der Waals surface area contributed by atoms with Gasteiger partial charge in [-0.15, -0.1) is 0 Å². The molecule has 0 atom stereocenters. The molecule has 0 heterocycles. The van der Waals surface area contributed by atoms with Gasteiger partial charge in [-0.1, -0.05) is 0 Å². The average molecular weight is 183 g/mol. The van der Waals surface area contributed by atoms with Gasteiger partial charge < -0.3 is 10.6 Å². The van der Waals surface area contributed by atoms with Gasteiger partial charge in [-0.25, -0.2) is 0 Å². The first kappa shape index (κ1) is 11.9. The summed E-state index contributed by atoms with van der Waals surface area (Å²) in [4.78, 5) is 13.1. The van der Waals surface area contributed by atoms with Gasteiger partial charge in [-0.2, -0.15) is 5.26 Å². The van der Waals surface area contributed by atoms with Gasteiger partial charge in [0.25, 0.3) is 0 Å². The molecule has 0 aromatic rings. The van der Waals surface area contributed by atoms with Gasteiger partial charge in [0.05, 0.1) is 12.5 Å². The number of amides is 1. The molecule has 4 nitrogen and oxygen atoms in total. The van der Waals surface area contributed by atoms with E-state index in [-0.39, 0.29) is 5.91 Å². The zero-order valence-corrected chi connectivity index (χ0v) is 8.12. The minimum absolute atomic E-state index is 0.100. The molecule has 0 saturated heterocycles. The highest BCUT2D eigenvalue weighted by molar-refractivity contribution is 5.76. The molecule has 2 N–H and O–H groups in total. The molecule has 0 radical (unpaired) electrons. The minimum atomic E-state index is 0.100. The van der Waals surface area contributed by atoms with Crippen LogP contribution in [-0.4, -0.2) is 30.4 Å². The largest absolute Gasteiger partial charge is 0.342 e. The third-order valence-corrected chi connectivity index (χ3v) is 1.82. The van der Waals surface area contributed by atoms with Crippen molar-refractivity contribution >= 4 is 5.91 Å². The van der Waals surface area contributed by atoms with E-state index >= 15 is 0 Å². The quantitative estimate of drug-likeness (QED) is 0.651. The van der Waals surface area contributed by atoms with E-state index in [4.69, 9.17) is 11.0 Å². The Morgan fingerprint density at radius 3 is 2.77 bits per heavy atom. The summed E-state index contributed by atoms with van der Waals surface area (Å²) in [5.41, 5.74) is 5.30. The summed E-state index contributed by atoms with van der Waals surface area (Å²) >= 11 is 0. The maximum Gasteiger partial charge on any atom is 0.222 e. The number of nitriles is 1. The van der Waals surface area contributed by atoms with Crippen LogP contribution in [-0.2, 0) is 4.79 Å². The van der Waals surface area contributed by atoms with Crippen molar-refractivity contribution in [3.05, 3.63) is 0 Å². The third kappa shape index (κ3) is 5.21. The number of nitrogens with two attached hydrogens (primary N) is 1. The fourth-order valence-electron chi connectivity index (χ4n) is 1.06. The van der Waals surface area contributed by atoms with Crippen LogP contribution in [0, 0.1) is 11.3 Å². The summed E-state index contributed by atoms with van der Waals surface area (Å²) in [6, 6.07) is 2.02. The number of carbonyl (C=O) groups excluding carboxylic acids is 1. The van der Waals surface area contributed by atoms with Crippen LogP contribution >= 0.6 is 0 Å². The second kappa shape index (κ2) is 7.56. The van der Waals surface area contributed by atoms with Crippen LogP contribution in [0.1, 0.15) is 26.2 Å². The summed E-state index contributed by atoms with van der Waals surface area (Å²) in [5, 5.41) is 8.36. The van der Waals surface area contributed by atoms with Gasteiger partial charge in [0.15, 0.2) is 0 Å². The highest BCUT2D eigenvalue weighted by atomic mass is 16.2. The van der Waals surface area contributed by atoms with Gasteiger partial charge in [0.2, 0.25) is 5.91 Å². The molecular weight excluding hydrogens is 166 g/mol. The maximum absolute atomic E-state index is 11.4. The Morgan fingerprint density at radius 1 is 1.62 bits per heavy atom. The molecule has 0 aliphatic heterocycles. The van der Waals surface area contributed by atoms with Gasteiger partial charge in [-0.05, 0) is 19.9 Å². The Hall–Kier alpha value is -1.08. The highest BCUT2D eigenvalue weighted by Gasteiger charge is 2.09. The first-order chi connectivity index (χ1) is 6.26. The molecule has 0 bridgehead atoms. The van der Waals surface area contributed by atoms with Crippen molar-refractivity contribution in [2.75, 3.05) is 19.6 Å². The van der Waals surface area contributed by atoms with Crippen molar-refractivity contribution in [1.82, 2.24) is 4.90 Å². The molecule has 0 aromatic carbocycles. The van der Waals surface area contributed by atoms with Crippen molar-refractivity contribution in [3.63, 3.8) is 0 Å². The molecule has 1 amide bonds. The molecule has 0 saturated carbocycles. The maximum atomic E-state index is 11.4. The highest BCUT2D eigenvalue weighted by Crippen LogP contribution is 1.98. The fourth-order valence-corrected chi connectivity index (χ4v) is 1.06. The minimum Gasteiger partial charge on any atom is -0.342 e. The van der Waals surface area contributed by atoms with Crippen LogP contribution < -0.4 is 5.73 Å². The molecule has 0 unspecified atom stereocenters. The van der Waals surface area contributed by atoms with Gasteiger partial charge >= 0.3 is 0 Å². The van der Waals surface area contributed by atoms with Gasteiger partial charge in [-0.3, -0.25) is 4.79 Å².